The lowest BCUT2D eigenvalue weighted by atomic mass is 9.84. The van der Waals surface area contributed by atoms with E-state index in [1.54, 1.807) is 0 Å². The van der Waals surface area contributed by atoms with E-state index in [9.17, 15) is 19.2 Å². The number of benzene rings is 4. The van der Waals surface area contributed by atoms with Crippen molar-refractivity contribution in [2.45, 2.75) is 44.0 Å². The molecule has 0 bridgehead atoms. The molecule has 8 rings (SSSR count). The predicted octanol–water partition coefficient (Wildman–Crippen LogP) is 7.27. The quantitative estimate of drug-likeness (QED) is 0.0232. The molecule has 17 nitrogen and oxygen atoms in total. The largest absolute Gasteiger partial charge is 0.491 e. The SMILES string of the molecule is O=C(CNC(=O)CNC(=O)CNC(=O)CSC(c1ccccc1)(c1ccccc1)c1ccccc1)NCCOCCOCCOc1cc(CN(Cc2ccccn2)Cc2ccccn2)cc(CN(Cc2ccccn2)Cc2ccccn2)c1. The molecule has 0 aliphatic carbocycles. The van der Waals surface area contributed by atoms with Crippen molar-refractivity contribution in [1.29, 1.82) is 0 Å². The molecule has 83 heavy (non-hydrogen) atoms. The monoisotopic (exact) mass is 1130 g/mol. The maximum atomic E-state index is 13.2. The molecule has 0 aliphatic heterocycles. The molecule has 0 saturated carbocycles. The van der Waals surface area contributed by atoms with Crippen molar-refractivity contribution in [2.75, 3.05) is 65.0 Å². The molecule has 4 amide bonds. The number of nitrogens with one attached hydrogen (secondary N) is 4. The fourth-order valence-electron chi connectivity index (χ4n) is 9.25. The van der Waals surface area contributed by atoms with Crippen molar-refractivity contribution in [3.8, 4) is 5.75 Å². The summed E-state index contributed by atoms with van der Waals surface area (Å²) in [5.74, 6) is -1.07. The van der Waals surface area contributed by atoms with Gasteiger partial charge in [0, 0.05) is 70.6 Å². The van der Waals surface area contributed by atoms with Crippen LogP contribution in [0, 0.1) is 0 Å². The number of thioether (sulfide) groups is 1. The van der Waals surface area contributed by atoms with Crippen LogP contribution in [0.1, 0.15) is 50.6 Å². The van der Waals surface area contributed by atoms with Gasteiger partial charge in [-0.05, 0) is 88.5 Å². The van der Waals surface area contributed by atoms with Gasteiger partial charge in [-0.3, -0.25) is 48.9 Å². The average molecular weight is 1140 g/mol. The minimum Gasteiger partial charge on any atom is -0.491 e. The van der Waals surface area contributed by atoms with Gasteiger partial charge in [0.2, 0.25) is 23.6 Å². The number of amides is 4. The number of aromatic nitrogens is 4. The number of pyridine rings is 4. The predicted molar refractivity (Wildman–Crippen MR) is 320 cm³/mol. The molecule has 0 saturated heterocycles. The van der Waals surface area contributed by atoms with Crippen molar-refractivity contribution >= 4 is 35.4 Å². The smallest absolute Gasteiger partial charge is 0.239 e. The summed E-state index contributed by atoms with van der Waals surface area (Å²) in [6.45, 7) is 4.47. The number of carbonyl (C=O) groups is 4. The van der Waals surface area contributed by atoms with E-state index in [0.717, 1.165) is 56.3 Å². The lowest BCUT2D eigenvalue weighted by Gasteiger charge is -2.35. The number of hydrogen-bond donors (Lipinski definition) is 4. The molecule has 0 atom stereocenters. The molecule has 8 aromatic rings. The van der Waals surface area contributed by atoms with E-state index in [1.165, 1.54) is 11.8 Å². The molecule has 4 N–H and O–H groups in total. The maximum Gasteiger partial charge on any atom is 0.239 e. The number of carbonyl (C=O) groups excluding carboxylic acids is 4. The van der Waals surface area contributed by atoms with E-state index in [2.05, 4.69) is 69.2 Å². The summed E-state index contributed by atoms with van der Waals surface area (Å²) < 4.78 is 17.2. The van der Waals surface area contributed by atoms with Crippen molar-refractivity contribution in [2.24, 2.45) is 0 Å². The Balaban J connectivity index is 0.735. The summed E-state index contributed by atoms with van der Waals surface area (Å²) in [6, 6.07) is 60.3. The molecular weight excluding hydrogens is 1060 g/mol. The normalized spacial score (nSPS) is 11.3. The minimum absolute atomic E-state index is 0.0572. The molecular formula is C65H70N10O7S. The fraction of sp³-hybridized carbons (Fsp3) is 0.262. The van der Waals surface area contributed by atoms with Crippen LogP contribution in [0.2, 0.25) is 0 Å². The summed E-state index contributed by atoms with van der Waals surface area (Å²) in [7, 11) is 0. The van der Waals surface area contributed by atoms with Crippen molar-refractivity contribution < 1.29 is 33.4 Å². The van der Waals surface area contributed by atoms with Crippen LogP contribution < -0.4 is 26.0 Å². The van der Waals surface area contributed by atoms with Crippen molar-refractivity contribution in [1.82, 2.24) is 51.0 Å². The Morgan fingerprint density at radius 1 is 0.398 bits per heavy atom. The van der Waals surface area contributed by atoms with Crippen LogP contribution in [0.25, 0.3) is 0 Å². The van der Waals surface area contributed by atoms with E-state index in [1.807, 2.05) is 189 Å². The van der Waals surface area contributed by atoms with Crippen LogP contribution in [0.5, 0.6) is 5.75 Å². The number of nitrogens with zero attached hydrogens (tertiary/aromatic N) is 6. The molecule has 0 radical (unpaired) electrons. The van der Waals surface area contributed by atoms with E-state index in [0.29, 0.717) is 65.7 Å². The van der Waals surface area contributed by atoms with Crippen LogP contribution in [0.4, 0.5) is 0 Å². The Bertz CT molecular complexity index is 2910. The summed E-state index contributed by atoms with van der Waals surface area (Å²) in [6.07, 6.45) is 7.26. The first kappa shape index (κ1) is 60.4. The standard InChI is InChI=1S/C65H70N10O7S/c76-61(41-71-62(77)42-72-63(78)43-73-64(79)50-83-65(53-18-4-1-5-19-53,54-20-6-2-7-21-54)55-22-8-3-9-23-55)70-32-33-80-34-35-81-36-37-82-60-39-51(44-74(46-56-24-10-14-28-66-56)47-57-25-11-15-29-67-57)38-52(40-60)45-75(48-58-26-12-16-30-68-58)49-59-27-13-17-31-69-59/h1-31,38-40H,32-37,41-50H2,(H,70,76)(H,71,77)(H,72,78)(H,73,79). The van der Waals surface area contributed by atoms with E-state index in [4.69, 9.17) is 14.2 Å². The van der Waals surface area contributed by atoms with Crippen LogP contribution in [-0.4, -0.2) is 118 Å². The molecule has 428 valence electrons. The first-order valence-electron chi connectivity index (χ1n) is 27.6. The molecule has 0 aliphatic rings. The second-order valence-corrected chi connectivity index (χ2v) is 20.6. The maximum absolute atomic E-state index is 13.2. The van der Waals surface area contributed by atoms with Gasteiger partial charge >= 0.3 is 0 Å². The second-order valence-electron chi connectivity index (χ2n) is 19.4. The Hall–Kier alpha value is -8.65. The average Bonchev–Trinajstić information content (AvgIpc) is 2.83. The van der Waals surface area contributed by atoms with Gasteiger partial charge < -0.3 is 35.5 Å². The van der Waals surface area contributed by atoms with Crippen LogP contribution in [0.15, 0.2) is 207 Å². The Morgan fingerprint density at radius 3 is 1.16 bits per heavy atom. The summed E-state index contributed by atoms with van der Waals surface area (Å²) in [5.41, 5.74) is 9.04. The van der Waals surface area contributed by atoms with Crippen molar-refractivity contribution in [3.05, 3.63) is 257 Å². The highest BCUT2D eigenvalue weighted by Gasteiger charge is 2.37. The van der Waals surface area contributed by atoms with Crippen molar-refractivity contribution in [3.63, 3.8) is 0 Å². The molecule has 0 spiro atoms. The molecule has 4 aromatic carbocycles. The van der Waals surface area contributed by atoms with Gasteiger partial charge in [0.15, 0.2) is 0 Å². The third-order valence-electron chi connectivity index (χ3n) is 13.0. The highest BCUT2D eigenvalue weighted by molar-refractivity contribution is 8.01. The zero-order valence-corrected chi connectivity index (χ0v) is 47.2. The number of ether oxygens (including phenoxy) is 3. The first-order chi connectivity index (χ1) is 40.8. The molecule has 18 heteroatoms. The van der Waals surface area contributed by atoms with Gasteiger partial charge in [0.05, 0.1) is 79.3 Å². The van der Waals surface area contributed by atoms with Gasteiger partial charge in [0.1, 0.15) is 12.4 Å². The molecule has 4 heterocycles. The first-order valence-corrected chi connectivity index (χ1v) is 28.6. The summed E-state index contributed by atoms with van der Waals surface area (Å²) in [4.78, 5) is 73.9. The summed E-state index contributed by atoms with van der Waals surface area (Å²) in [5, 5.41) is 10.4. The topological polar surface area (TPSA) is 202 Å². The van der Waals surface area contributed by atoms with Gasteiger partial charge in [-0.15, -0.1) is 11.8 Å². The lowest BCUT2D eigenvalue weighted by Crippen LogP contribution is -2.45. The van der Waals surface area contributed by atoms with E-state index >= 15 is 0 Å². The minimum atomic E-state index is -0.696. The summed E-state index contributed by atoms with van der Waals surface area (Å²) >= 11 is 1.46. The second kappa shape index (κ2) is 33.3. The van der Waals surface area contributed by atoms with Crippen LogP contribution in [-0.2, 0) is 72.7 Å². The van der Waals surface area contributed by atoms with Crippen LogP contribution in [0.3, 0.4) is 0 Å². The molecule has 0 unspecified atom stereocenters. The van der Waals surface area contributed by atoms with Crippen LogP contribution >= 0.6 is 11.8 Å². The zero-order valence-electron chi connectivity index (χ0n) is 46.4. The van der Waals surface area contributed by atoms with Gasteiger partial charge in [-0.2, -0.15) is 0 Å². The fourth-order valence-corrected chi connectivity index (χ4v) is 10.6. The molecule has 4 aromatic heterocycles. The van der Waals surface area contributed by atoms with Gasteiger partial charge in [-0.25, -0.2) is 0 Å². The Morgan fingerprint density at radius 2 is 0.759 bits per heavy atom. The van der Waals surface area contributed by atoms with Gasteiger partial charge in [-0.1, -0.05) is 121 Å². The molecule has 0 fully saturated rings. The lowest BCUT2D eigenvalue weighted by molar-refractivity contribution is -0.128. The van der Waals surface area contributed by atoms with Gasteiger partial charge in [0.25, 0.3) is 0 Å². The Labute approximate surface area is 489 Å². The zero-order chi connectivity index (χ0) is 57.6. The Kier molecular flexibility index (Phi) is 24.3. The highest BCUT2D eigenvalue weighted by atomic mass is 32.2. The highest BCUT2D eigenvalue weighted by Crippen LogP contribution is 2.48. The third-order valence-corrected chi connectivity index (χ3v) is 14.6. The van der Waals surface area contributed by atoms with E-state index in [-0.39, 0.29) is 44.4 Å². The number of rotatable bonds is 34. The third kappa shape index (κ3) is 20.4. The number of hydrogen-bond acceptors (Lipinski definition) is 14. The van der Waals surface area contributed by atoms with E-state index < -0.39 is 22.5 Å².